The van der Waals surface area contributed by atoms with E-state index in [9.17, 15) is 9.59 Å². The molecule has 0 saturated heterocycles. The third-order valence-electron chi connectivity index (χ3n) is 5.51. The van der Waals surface area contributed by atoms with Gasteiger partial charge in [-0.2, -0.15) is 5.10 Å². The molecule has 0 atom stereocenters. The molecule has 0 aliphatic heterocycles. The molecule has 2 heterocycles. The number of aromatic nitrogens is 3. The molecule has 0 radical (unpaired) electrons. The van der Waals surface area contributed by atoms with E-state index in [0.29, 0.717) is 16.8 Å². The van der Waals surface area contributed by atoms with E-state index in [1.54, 1.807) is 29.2 Å². The number of halogens is 1. The summed E-state index contributed by atoms with van der Waals surface area (Å²) in [5.74, 6) is -1.18. The largest absolute Gasteiger partial charge is 0.466 e. The molecular formula is C26H23FN4O3. The van der Waals surface area contributed by atoms with Gasteiger partial charge in [-0.25, -0.2) is 9.18 Å². The van der Waals surface area contributed by atoms with Crippen molar-refractivity contribution >= 4 is 34.5 Å². The maximum atomic E-state index is 15.1. The molecule has 0 fully saturated rings. The molecule has 0 saturated carbocycles. The quantitative estimate of drug-likeness (QED) is 0.314. The van der Waals surface area contributed by atoms with Gasteiger partial charge in [0.25, 0.3) is 0 Å². The lowest BCUT2D eigenvalue weighted by Crippen LogP contribution is -2.28. The average molecular weight is 458 g/mol. The summed E-state index contributed by atoms with van der Waals surface area (Å²) >= 11 is 0. The fraction of sp³-hybridized carbons (Fsp3) is 0.154. The normalized spacial score (nSPS) is 11.2. The monoisotopic (exact) mass is 458 g/mol. The molecule has 0 spiro atoms. The molecule has 1 amide bonds. The highest BCUT2D eigenvalue weighted by atomic mass is 19.1. The maximum absolute atomic E-state index is 15.1. The van der Waals surface area contributed by atoms with Crippen LogP contribution in [0.25, 0.3) is 28.1 Å². The van der Waals surface area contributed by atoms with Gasteiger partial charge in [-0.3, -0.25) is 14.5 Å². The van der Waals surface area contributed by atoms with Crippen molar-refractivity contribution in [3.05, 3.63) is 84.1 Å². The van der Waals surface area contributed by atoms with E-state index in [0.717, 1.165) is 22.0 Å². The third kappa shape index (κ3) is 4.85. The van der Waals surface area contributed by atoms with E-state index < -0.39 is 11.8 Å². The van der Waals surface area contributed by atoms with Crippen LogP contribution in [0, 0.1) is 5.82 Å². The van der Waals surface area contributed by atoms with Gasteiger partial charge in [-0.1, -0.05) is 18.2 Å². The van der Waals surface area contributed by atoms with Gasteiger partial charge in [-0.05, 0) is 47.0 Å². The Hall–Kier alpha value is -4.33. The zero-order chi connectivity index (χ0) is 24.2. The molecule has 8 heteroatoms. The van der Waals surface area contributed by atoms with Gasteiger partial charge in [0.05, 0.1) is 37.3 Å². The molecule has 0 N–H and O–H groups in total. The second-order valence-corrected chi connectivity index (χ2v) is 7.79. The molecule has 2 aromatic heterocycles. The minimum atomic E-state index is -0.501. The van der Waals surface area contributed by atoms with Crippen molar-refractivity contribution in [2.24, 2.45) is 7.05 Å². The van der Waals surface area contributed by atoms with E-state index in [4.69, 9.17) is 0 Å². The van der Waals surface area contributed by atoms with Crippen molar-refractivity contribution in [3.8, 4) is 11.1 Å². The predicted molar refractivity (Wildman–Crippen MR) is 128 cm³/mol. The summed E-state index contributed by atoms with van der Waals surface area (Å²) in [6.45, 7) is 1.45. The van der Waals surface area contributed by atoms with Crippen LogP contribution in [0.1, 0.15) is 18.1 Å². The number of benzene rings is 2. The Kier molecular flexibility index (Phi) is 6.49. The van der Waals surface area contributed by atoms with Crippen molar-refractivity contribution in [1.29, 1.82) is 0 Å². The fourth-order valence-electron chi connectivity index (χ4n) is 3.67. The number of rotatable bonds is 6. The number of carbonyl (C=O) groups is 2. The van der Waals surface area contributed by atoms with Crippen molar-refractivity contribution < 1.29 is 18.7 Å². The lowest BCUT2D eigenvalue weighted by atomic mass is 10.0. The van der Waals surface area contributed by atoms with E-state index >= 15 is 4.39 Å². The Labute approximate surface area is 196 Å². The summed E-state index contributed by atoms with van der Waals surface area (Å²) in [6.07, 6.45) is 7.65. The number of esters is 1. The summed E-state index contributed by atoms with van der Waals surface area (Å²) < 4.78 is 21.5. The molecule has 34 heavy (non-hydrogen) atoms. The topological polar surface area (TPSA) is 77.3 Å². The van der Waals surface area contributed by atoms with Gasteiger partial charge in [0.1, 0.15) is 5.82 Å². The molecule has 0 unspecified atom stereocenters. The van der Waals surface area contributed by atoms with Gasteiger partial charge in [0, 0.05) is 37.2 Å². The highest BCUT2D eigenvalue weighted by molar-refractivity contribution is 5.92. The lowest BCUT2D eigenvalue weighted by Gasteiger charge is -2.22. The number of methoxy groups -OCH3 is 1. The van der Waals surface area contributed by atoms with Crippen molar-refractivity contribution in [2.45, 2.75) is 13.5 Å². The van der Waals surface area contributed by atoms with Gasteiger partial charge in [-0.15, -0.1) is 0 Å². The van der Waals surface area contributed by atoms with Crippen LogP contribution < -0.4 is 4.90 Å². The Morgan fingerprint density at radius 1 is 1.09 bits per heavy atom. The first-order valence-electron chi connectivity index (χ1n) is 10.6. The van der Waals surface area contributed by atoms with Crippen LogP contribution in [0.5, 0.6) is 0 Å². The molecule has 2 aromatic carbocycles. The Morgan fingerprint density at radius 2 is 1.85 bits per heavy atom. The number of pyridine rings is 1. The Morgan fingerprint density at radius 3 is 2.59 bits per heavy atom. The van der Waals surface area contributed by atoms with Gasteiger partial charge in [0.15, 0.2) is 0 Å². The number of carbonyl (C=O) groups excluding carboxylic acids is 2. The van der Waals surface area contributed by atoms with Crippen LogP contribution in [-0.2, 0) is 27.9 Å². The van der Waals surface area contributed by atoms with Crippen LogP contribution in [0.4, 0.5) is 10.1 Å². The first-order chi connectivity index (χ1) is 16.4. The smallest absolute Gasteiger partial charge is 0.330 e. The highest BCUT2D eigenvalue weighted by Gasteiger charge is 2.16. The number of amides is 1. The first kappa shape index (κ1) is 22.8. The van der Waals surface area contributed by atoms with Crippen LogP contribution in [-0.4, -0.2) is 33.8 Å². The molecule has 4 aromatic rings. The summed E-state index contributed by atoms with van der Waals surface area (Å²) in [5, 5.41) is 5.22. The molecule has 0 aliphatic rings. The van der Waals surface area contributed by atoms with Gasteiger partial charge >= 0.3 is 5.97 Å². The number of aryl methyl sites for hydroxylation is 1. The second-order valence-electron chi connectivity index (χ2n) is 7.79. The summed E-state index contributed by atoms with van der Waals surface area (Å²) in [7, 11) is 3.16. The molecule has 0 bridgehead atoms. The lowest BCUT2D eigenvalue weighted by molar-refractivity contribution is -0.134. The number of fused-ring (bicyclic) bond motifs is 1. The molecule has 0 aliphatic carbocycles. The molecular weight excluding hydrogens is 435 g/mol. The Balaban J connectivity index is 1.59. The standard InChI is InChI=1S/C26H23FN4O3/c1-17(32)31(23-10-18(13-28-15-23)4-9-26(33)34-3)16-21-6-5-20(12-24(21)27)19-7-8-25-22(11-19)14-29-30(25)2/h4-15H,16H2,1-3H3. The second kappa shape index (κ2) is 9.66. The van der Waals surface area contributed by atoms with E-state index in [1.807, 2.05) is 31.3 Å². The van der Waals surface area contributed by atoms with Crippen molar-refractivity contribution in [2.75, 3.05) is 12.0 Å². The number of hydrogen-bond acceptors (Lipinski definition) is 5. The van der Waals surface area contributed by atoms with Crippen LogP contribution in [0.3, 0.4) is 0 Å². The summed E-state index contributed by atoms with van der Waals surface area (Å²) in [4.78, 5) is 29.3. The van der Waals surface area contributed by atoms with E-state index in [1.165, 1.54) is 43.3 Å². The minimum absolute atomic E-state index is 0.0366. The van der Waals surface area contributed by atoms with Crippen LogP contribution >= 0.6 is 0 Å². The Bertz CT molecular complexity index is 1410. The van der Waals surface area contributed by atoms with Gasteiger partial charge in [0.2, 0.25) is 5.91 Å². The number of ether oxygens (including phenoxy) is 1. The number of hydrogen-bond donors (Lipinski definition) is 0. The van der Waals surface area contributed by atoms with E-state index in [-0.39, 0.29) is 12.5 Å². The zero-order valence-corrected chi connectivity index (χ0v) is 19.0. The van der Waals surface area contributed by atoms with Crippen molar-refractivity contribution in [1.82, 2.24) is 14.8 Å². The molecule has 7 nitrogen and oxygen atoms in total. The first-order valence-corrected chi connectivity index (χ1v) is 10.6. The zero-order valence-electron chi connectivity index (χ0n) is 19.0. The molecule has 4 rings (SSSR count). The fourth-order valence-corrected chi connectivity index (χ4v) is 3.67. The summed E-state index contributed by atoms with van der Waals surface area (Å²) in [6, 6.07) is 12.5. The third-order valence-corrected chi connectivity index (χ3v) is 5.51. The number of nitrogens with zero attached hydrogens (tertiary/aromatic N) is 4. The minimum Gasteiger partial charge on any atom is -0.466 e. The number of anilines is 1. The van der Waals surface area contributed by atoms with Crippen molar-refractivity contribution in [3.63, 3.8) is 0 Å². The average Bonchev–Trinajstić information content (AvgIpc) is 3.21. The summed E-state index contributed by atoms with van der Waals surface area (Å²) in [5.41, 5.74) is 4.08. The molecule has 172 valence electrons. The van der Waals surface area contributed by atoms with Crippen LogP contribution in [0.2, 0.25) is 0 Å². The SMILES string of the molecule is COC(=O)C=Cc1cncc(N(Cc2ccc(-c3ccc4c(cnn4C)c3)cc2F)C(C)=O)c1. The van der Waals surface area contributed by atoms with Crippen LogP contribution in [0.15, 0.2) is 67.1 Å². The highest BCUT2D eigenvalue weighted by Crippen LogP contribution is 2.27. The van der Waals surface area contributed by atoms with E-state index in [2.05, 4.69) is 14.8 Å². The maximum Gasteiger partial charge on any atom is 0.330 e. The van der Waals surface area contributed by atoms with Gasteiger partial charge < -0.3 is 9.64 Å². The predicted octanol–water partition coefficient (Wildman–Crippen LogP) is 4.51.